The van der Waals surface area contributed by atoms with Crippen LogP contribution in [-0.4, -0.2) is 49.3 Å². The van der Waals surface area contributed by atoms with Gasteiger partial charge in [-0.25, -0.2) is 13.1 Å². The number of nitrogens with zero attached hydrogens (tertiary/aromatic N) is 2. The first-order chi connectivity index (χ1) is 9.95. The molecular weight excluding hydrogens is 308 g/mol. The zero-order valence-corrected chi connectivity index (χ0v) is 14.5. The number of nitrogens with one attached hydrogen (secondary N) is 2. The molecule has 0 radical (unpaired) electrons. The second-order valence-corrected chi connectivity index (χ2v) is 8.16. The zero-order valence-electron chi connectivity index (χ0n) is 12.8. The van der Waals surface area contributed by atoms with Gasteiger partial charge in [0.15, 0.2) is 0 Å². The predicted molar refractivity (Wildman–Crippen MR) is 86.3 cm³/mol. The van der Waals surface area contributed by atoms with Crippen LogP contribution in [0.2, 0.25) is 0 Å². The lowest BCUT2D eigenvalue weighted by molar-refractivity contribution is 0.544. The molecule has 120 valence electrons. The Kier molecular flexibility index (Phi) is 5.70. The summed E-state index contributed by atoms with van der Waals surface area (Å²) in [6, 6.07) is 0.0476. The molecule has 1 aliphatic heterocycles. The molecule has 1 saturated heterocycles. The van der Waals surface area contributed by atoms with Crippen molar-refractivity contribution in [2.45, 2.75) is 44.2 Å². The molecule has 6 nitrogen and oxygen atoms in total. The smallest absolute Gasteiger partial charge is 0.244 e. The number of rotatable bonds is 7. The van der Waals surface area contributed by atoms with E-state index in [0.717, 1.165) is 43.1 Å². The summed E-state index contributed by atoms with van der Waals surface area (Å²) in [7, 11) is -1.57. The Morgan fingerprint density at radius 3 is 2.81 bits per heavy atom. The summed E-state index contributed by atoms with van der Waals surface area (Å²) in [6.07, 6.45) is 1.82. The third-order valence-corrected chi connectivity index (χ3v) is 6.57. The monoisotopic (exact) mass is 332 g/mol. The van der Waals surface area contributed by atoms with Crippen molar-refractivity contribution in [3.63, 3.8) is 0 Å². The van der Waals surface area contributed by atoms with E-state index in [-0.39, 0.29) is 6.04 Å². The fraction of sp³-hybridized carbons (Fsp3) is 0.769. The predicted octanol–water partition coefficient (Wildman–Crippen LogP) is 0.893. The lowest BCUT2D eigenvalue weighted by Crippen LogP contribution is -2.35. The minimum absolute atomic E-state index is 0.0476. The Labute approximate surface area is 131 Å². The van der Waals surface area contributed by atoms with Gasteiger partial charge in [0.1, 0.15) is 4.90 Å². The second-order valence-electron chi connectivity index (χ2n) is 5.36. The molecule has 8 heteroatoms. The van der Waals surface area contributed by atoms with E-state index in [0.29, 0.717) is 10.6 Å². The van der Waals surface area contributed by atoms with Crippen LogP contribution in [0.5, 0.6) is 0 Å². The van der Waals surface area contributed by atoms with Crippen LogP contribution in [0.15, 0.2) is 4.90 Å². The molecule has 0 amide bonds. The van der Waals surface area contributed by atoms with Gasteiger partial charge in [-0.3, -0.25) is 4.68 Å². The van der Waals surface area contributed by atoms with Crippen LogP contribution in [0.3, 0.4) is 0 Å². The first-order valence-electron chi connectivity index (χ1n) is 7.24. The van der Waals surface area contributed by atoms with Gasteiger partial charge in [0.05, 0.1) is 11.4 Å². The minimum Gasteiger partial charge on any atom is -0.320 e. The molecule has 21 heavy (non-hydrogen) atoms. The van der Waals surface area contributed by atoms with Gasteiger partial charge in [-0.15, -0.1) is 0 Å². The Morgan fingerprint density at radius 2 is 2.19 bits per heavy atom. The van der Waals surface area contributed by atoms with Gasteiger partial charge in [0.25, 0.3) is 0 Å². The SMILES string of the molecule is CNCCCn1nc(C)c(S(=O)(=O)NC2CCSC2)c1C. The Balaban J connectivity index is 2.17. The first-order valence-corrected chi connectivity index (χ1v) is 9.88. The largest absolute Gasteiger partial charge is 0.320 e. The maximum Gasteiger partial charge on any atom is 0.244 e. The molecule has 2 N–H and O–H groups in total. The van der Waals surface area contributed by atoms with E-state index < -0.39 is 10.0 Å². The van der Waals surface area contributed by atoms with E-state index in [4.69, 9.17) is 0 Å². The van der Waals surface area contributed by atoms with Crippen LogP contribution in [0, 0.1) is 13.8 Å². The number of thioether (sulfide) groups is 1. The summed E-state index contributed by atoms with van der Waals surface area (Å²) in [5.74, 6) is 1.88. The van der Waals surface area contributed by atoms with Gasteiger partial charge in [0, 0.05) is 18.3 Å². The van der Waals surface area contributed by atoms with Gasteiger partial charge >= 0.3 is 0 Å². The van der Waals surface area contributed by atoms with E-state index >= 15 is 0 Å². The quantitative estimate of drug-likeness (QED) is 0.726. The highest BCUT2D eigenvalue weighted by Gasteiger charge is 2.28. The molecule has 0 aliphatic carbocycles. The molecular formula is C13H24N4O2S2. The summed E-state index contributed by atoms with van der Waals surface area (Å²) >= 11 is 1.79. The average molecular weight is 332 g/mol. The highest BCUT2D eigenvalue weighted by Crippen LogP contribution is 2.23. The van der Waals surface area contributed by atoms with Crippen molar-refractivity contribution >= 4 is 21.8 Å². The minimum atomic E-state index is -3.48. The van der Waals surface area contributed by atoms with E-state index in [1.165, 1.54) is 0 Å². The lowest BCUT2D eigenvalue weighted by atomic mass is 10.3. The summed E-state index contributed by atoms with van der Waals surface area (Å²) in [5.41, 5.74) is 1.30. The molecule has 1 aromatic rings. The van der Waals surface area contributed by atoms with Crippen molar-refractivity contribution < 1.29 is 8.42 Å². The van der Waals surface area contributed by atoms with Crippen LogP contribution in [0.25, 0.3) is 0 Å². The van der Waals surface area contributed by atoms with E-state index in [1.54, 1.807) is 23.4 Å². The van der Waals surface area contributed by atoms with Crippen molar-refractivity contribution in [2.75, 3.05) is 25.1 Å². The molecule has 2 heterocycles. The maximum absolute atomic E-state index is 12.6. The van der Waals surface area contributed by atoms with Gasteiger partial charge in [-0.2, -0.15) is 16.9 Å². The molecule has 1 unspecified atom stereocenters. The van der Waals surface area contributed by atoms with E-state index in [9.17, 15) is 8.42 Å². The number of sulfonamides is 1. The molecule has 1 fully saturated rings. The molecule has 0 spiro atoms. The Hall–Kier alpha value is -0.570. The zero-order chi connectivity index (χ0) is 15.5. The average Bonchev–Trinajstić information content (AvgIpc) is 2.98. The lowest BCUT2D eigenvalue weighted by Gasteiger charge is -2.12. The molecule has 1 atom stereocenters. The highest BCUT2D eigenvalue weighted by atomic mass is 32.2. The summed E-state index contributed by atoms with van der Waals surface area (Å²) < 4.78 is 29.8. The van der Waals surface area contributed by atoms with E-state index in [1.807, 2.05) is 14.0 Å². The van der Waals surface area contributed by atoms with Crippen molar-refractivity contribution in [1.82, 2.24) is 19.8 Å². The van der Waals surface area contributed by atoms with E-state index in [2.05, 4.69) is 15.1 Å². The number of hydrogen-bond donors (Lipinski definition) is 2. The maximum atomic E-state index is 12.6. The Bertz CT molecular complexity index is 577. The van der Waals surface area contributed by atoms with Crippen molar-refractivity contribution in [3.8, 4) is 0 Å². The topological polar surface area (TPSA) is 76.0 Å². The molecule has 0 bridgehead atoms. The first kappa shape index (κ1) is 16.8. The highest BCUT2D eigenvalue weighted by molar-refractivity contribution is 7.99. The third-order valence-electron chi connectivity index (χ3n) is 3.63. The van der Waals surface area contributed by atoms with Crippen LogP contribution in [-0.2, 0) is 16.6 Å². The van der Waals surface area contributed by atoms with Gasteiger partial charge in [-0.1, -0.05) is 0 Å². The third kappa shape index (κ3) is 4.00. The van der Waals surface area contributed by atoms with Crippen LogP contribution in [0.4, 0.5) is 0 Å². The number of aromatic nitrogens is 2. The Morgan fingerprint density at radius 1 is 1.43 bits per heavy atom. The molecule has 1 aromatic heterocycles. The van der Waals surface area contributed by atoms with Crippen LogP contribution >= 0.6 is 11.8 Å². The van der Waals surface area contributed by atoms with Gasteiger partial charge in [0.2, 0.25) is 10.0 Å². The van der Waals surface area contributed by atoms with Crippen molar-refractivity contribution in [2.24, 2.45) is 0 Å². The van der Waals surface area contributed by atoms with Crippen molar-refractivity contribution in [3.05, 3.63) is 11.4 Å². The summed E-state index contributed by atoms with van der Waals surface area (Å²) in [5, 5.41) is 7.47. The van der Waals surface area contributed by atoms with Gasteiger partial charge < -0.3 is 5.32 Å². The molecule has 1 aliphatic rings. The number of aryl methyl sites for hydroxylation is 2. The van der Waals surface area contributed by atoms with Crippen LogP contribution < -0.4 is 10.0 Å². The molecule has 0 saturated carbocycles. The number of hydrogen-bond acceptors (Lipinski definition) is 5. The molecule has 2 rings (SSSR count). The fourth-order valence-corrected chi connectivity index (χ4v) is 5.54. The van der Waals surface area contributed by atoms with Crippen LogP contribution in [0.1, 0.15) is 24.2 Å². The normalized spacial score (nSPS) is 19.3. The van der Waals surface area contributed by atoms with Crippen molar-refractivity contribution in [1.29, 1.82) is 0 Å². The van der Waals surface area contributed by atoms with Gasteiger partial charge in [-0.05, 0) is 46.0 Å². The summed E-state index contributed by atoms with van der Waals surface area (Å²) in [4.78, 5) is 0.351. The summed E-state index contributed by atoms with van der Waals surface area (Å²) in [6.45, 7) is 5.21. The standard InChI is InChI=1S/C13H24N4O2S2/c1-10-13(11(2)17(15-10)7-4-6-14-3)21(18,19)16-12-5-8-20-9-12/h12,14,16H,4-9H2,1-3H3. The second kappa shape index (κ2) is 7.13. The fourth-order valence-electron chi connectivity index (χ4n) is 2.60. The molecule has 0 aromatic carbocycles.